The molecule has 2 aromatic carbocycles. The Morgan fingerprint density at radius 2 is 1.50 bits per heavy atom. The van der Waals surface area contributed by atoms with Gasteiger partial charge in [-0.25, -0.2) is 13.2 Å². The molecule has 0 radical (unpaired) electrons. The Kier molecular flexibility index (Phi) is 3.67. The molecule has 0 spiro atoms. The number of hydrogen-bond donors (Lipinski definition) is 1. The van der Waals surface area contributed by atoms with E-state index in [4.69, 9.17) is 5.73 Å². The van der Waals surface area contributed by atoms with E-state index in [1.807, 2.05) is 0 Å². The van der Waals surface area contributed by atoms with Gasteiger partial charge < -0.3 is 5.73 Å². The average molecular weight is 251 g/mol. The predicted molar refractivity (Wildman–Crippen MR) is 63.4 cm³/mol. The number of rotatable bonds is 3. The zero-order valence-corrected chi connectivity index (χ0v) is 9.54. The zero-order valence-electron chi connectivity index (χ0n) is 9.54. The molecule has 2 rings (SSSR count). The maximum absolute atomic E-state index is 13.5. The van der Waals surface area contributed by atoms with E-state index in [0.717, 1.165) is 23.8 Å². The van der Waals surface area contributed by atoms with E-state index in [9.17, 15) is 13.2 Å². The summed E-state index contributed by atoms with van der Waals surface area (Å²) in [5, 5.41) is 0. The van der Waals surface area contributed by atoms with E-state index in [-0.39, 0.29) is 11.4 Å². The highest BCUT2D eigenvalue weighted by Gasteiger charge is 2.13. The number of nitrogens with two attached hydrogens (primary N) is 1. The normalized spacial score (nSPS) is 12.4. The molecule has 0 amide bonds. The SMILES string of the molecule is NC(Cc1ccc(F)cc1)c1cc(F)ccc1F. The second kappa shape index (κ2) is 5.23. The Morgan fingerprint density at radius 3 is 2.17 bits per heavy atom. The van der Waals surface area contributed by atoms with Crippen molar-refractivity contribution >= 4 is 0 Å². The molecular formula is C14H12F3N. The molecule has 0 saturated carbocycles. The van der Waals surface area contributed by atoms with Crippen molar-refractivity contribution in [1.29, 1.82) is 0 Å². The lowest BCUT2D eigenvalue weighted by molar-refractivity contribution is 0.560. The van der Waals surface area contributed by atoms with Crippen molar-refractivity contribution in [2.45, 2.75) is 12.5 Å². The molecule has 2 N–H and O–H groups in total. The highest BCUT2D eigenvalue weighted by atomic mass is 19.1. The van der Waals surface area contributed by atoms with Crippen LogP contribution in [0, 0.1) is 17.5 Å². The van der Waals surface area contributed by atoms with Crippen LogP contribution in [0.3, 0.4) is 0 Å². The van der Waals surface area contributed by atoms with E-state index in [2.05, 4.69) is 0 Å². The van der Waals surface area contributed by atoms with Crippen molar-refractivity contribution in [1.82, 2.24) is 0 Å². The van der Waals surface area contributed by atoms with Gasteiger partial charge in [-0.3, -0.25) is 0 Å². The van der Waals surface area contributed by atoms with Crippen molar-refractivity contribution in [3.8, 4) is 0 Å². The summed E-state index contributed by atoms with van der Waals surface area (Å²) >= 11 is 0. The summed E-state index contributed by atoms with van der Waals surface area (Å²) in [7, 11) is 0. The minimum absolute atomic E-state index is 0.124. The molecule has 0 aliphatic carbocycles. The lowest BCUT2D eigenvalue weighted by Gasteiger charge is -2.13. The van der Waals surface area contributed by atoms with Gasteiger partial charge in [0.05, 0.1) is 0 Å². The Morgan fingerprint density at radius 1 is 0.889 bits per heavy atom. The van der Waals surface area contributed by atoms with E-state index in [1.165, 1.54) is 12.1 Å². The van der Waals surface area contributed by atoms with Crippen LogP contribution < -0.4 is 5.73 Å². The van der Waals surface area contributed by atoms with E-state index < -0.39 is 17.7 Å². The van der Waals surface area contributed by atoms with Crippen molar-refractivity contribution < 1.29 is 13.2 Å². The van der Waals surface area contributed by atoms with Gasteiger partial charge in [0, 0.05) is 11.6 Å². The van der Waals surface area contributed by atoms with Crippen LogP contribution in [0.25, 0.3) is 0 Å². The summed E-state index contributed by atoms with van der Waals surface area (Å²) in [5.41, 5.74) is 6.73. The van der Waals surface area contributed by atoms with Gasteiger partial charge in [0.2, 0.25) is 0 Å². The lowest BCUT2D eigenvalue weighted by atomic mass is 9.99. The summed E-state index contributed by atoms with van der Waals surface area (Å²) in [6.07, 6.45) is 0.320. The molecule has 0 aliphatic heterocycles. The average Bonchev–Trinajstić information content (AvgIpc) is 2.35. The Hall–Kier alpha value is -1.81. The maximum atomic E-state index is 13.5. The van der Waals surface area contributed by atoms with Crippen molar-refractivity contribution in [2.75, 3.05) is 0 Å². The third kappa shape index (κ3) is 2.90. The number of halogens is 3. The van der Waals surface area contributed by atoms with Gasteiger partial charge in [0.15, 0.2) is 0 Å². The highest BCUT2D eigenvalue weighted by Crippen LogP contribution is 2.20. The van der Waals surface area contributed by atoms with Gasteiger partial charge in [-0.2, -0.15) is 0 Å². The molecule has 1 unspecified atom stereocenters. The quantitative estimate of drug-likeness (QED) is 0.889. The molecular weight excluding hydrogens is 239 g/mol. The first-order chi connectivity index (χ1) is 8.56. The third-order valence-corrected chi connectivity index (χ3v) is 2.73. The standard InChI is InChI=1S/C14H12F3N/c15-10-3-1-9(2-4-10)7-14(18)12-8-11(16)5-6-13(12)17/h1-6,8,14H,7,18H2. The predicted octanol–water partition coefficient (Wildman–Crippen LogP) is 3.35. The van der Waals surface area contributed by atoms with Gasteiger partial charge >= 0.3 is 0 Å². The molecule has 0 heterocycles. The second-order valence-corrected chi connectivity index (χ2v) is 4.10. The summed E-state index contributed by atoms with van der Waals surface area (Å²) in [6, 6.07) is 8.29. The van der Waals surface area contributed by atoms with E-state index in [0.29, 0.717) is 6.42 Å². The smallest absolute Gasteiger partial charge is 0.128 e. The number of benzene rings is 2. The summed E-state index contributed by atoms with van der Waals surface area (Å²) < 4.78 is 39.2. The first-order valence-corrected chi connectivity index (χ1v) is 5.51. The summed E-state index contributed by atoms with van der Waals surface area (Å²) in [4.78, 5) is 0. The third-order valence-electron chi connectivity index (χ3n) is 2.73. The zero-order chi connectivity index (χ0) is 13.1. The van der Waals surface area contributed by atoms with Crippen LogP contribution in [0.1, 0.15) is 17.2 Å². The van der Waals surface area contributed by atoms with Gasteiger partial charge in [-0.15, -0.1) is 0 Å². The molecule has 4 heteroatoms. The van der Waals surface area contributed by atoms with Crippen LogP contribution in [0.5, 0.6) is 0 Å². The molecule has 2 aromatic rings. The fourth-order valence-corrected chi connectivity index (χ4v) is 1.78. The maximum Gasteiger partial charge on any atom is 0.128 e. The van der Waals surface area contributed by atoms with Crippen molar-refractivity contribution in [3.63, 3.8) is 0 Å². The second-order valence-electron chi connectivity index (χ2n) is 4.10. The topological polar surface area (TPSA) is 26.0 Å². The molecule has 94 valence electrons. The summed E-state index contributed by atoms with van der Waals surface area (Å²) in [6.45, 7) is 0. The monoisotopic (exact) mass is 251 g/mol. The van der Waals surface area contributed by atoms with Crippen LogP contribution in [-0.4, -0.2) is 0 Å². The molecule has 0 aliphatic rings. The van der Waals surface area contributed by atoms with Gasteiger partial charge in [0.1, 0.15) is 17.5 Å². The van der Waals surface area contributed by atoms with Gasteiger partial charge in [0.25, 0.3) is 0 Å². The van der Waals surface area contributed by atoms with E-state index >= 15 is 0 Å². The van der Waals surface area contributed by atoms with Crippen molar-refractivity contribution in [3.05, 3.63) is 71.0 Å². The molecule has 0 fully saturated rings. The first-order valence-electron chi connectivity index (χ1n) is 5.51. The largest absolute Gasteiger partial charge is 0.324 e. The molecule has 1 atom stereocenters. The lowest BCUT2D eigenvalue weighted by Crippen LogP contribution is -2.15. The van der Waals surface area contributed by atoms with Gasteiger partial charge in [-0.1, -0.05) is 12.1 Å². The fourth-order valence-electron chi connectivity index (χ4n) is 1.78. The fraction of sp³-hybridized carbons (Fsp3) is 0.143. The molecule has 0 saturated heterocycles. The van der Waals surface area contributed by atoms with Crippen LogP contribution in [0.4, 0.5) is 13.2 Å². The minimum Gasteiger partial charge on any atom is -0.324 e. The van der Waals surface area contributed by atoms with Gasteiger partial charge in [-0.05, 0) is 42.3 Å². The molecule has 0 aromatic heterocycles. The Labute approximate surface area is 103 Å². The Bertz CT molecular complexity index is 537. The molecule has 1 nitrogen and oxygen atoms in total. The van der Waals surface area contributed by atoms with Crippen LogP contribution in [-0.2, 0) is 6.42 Å². The van der Waals surface area contributed by atoms with Crippen LogP contribution >= 0.6 is 0 Å². The summed E-state index contributed by atoms with van der Waals surface area (Å²) in [5.74, 6) is -1.41. The Balaban J connectivity index is 2.18. The molecule has 18 heavy (non-hydrogen) atoms. The minimum atomic E-state index is -0.661. The number of hydrogen-bond acceptors (Lipinski definition) is 1. The molecule has 0 bridgehead atoms. The van der Waals surface area contributed by atoms with Crippen molar-refractivity contribution in [2.24, 2.45) is 5.73 Å². The van der Waals surface area contributed by atoms with E-state index in [1.54, 1.807) is 12.1 Å². The van der Waals surface area contributed by atoms with Crippen LogP contribution in [0.15, 0.2) is 42.5 Å². The highest BCUT2D eigenvalue weighted by molar-refractivity contribution is 5.25. The first kappa shape index (κ1) is 12.6. The van der Waals surface area contributed by atoms with Crippen LogP contribution in [0.2, 0.25) is 0 Å².